The van der Waals surface area contributed by atoms with Crippen molar-refractivity contribution < 1.29 is 14.7 Å². The number of H-pyrrole nitrogens is 1. The SMILES string of the molecule is CC(C)[C@@H](C(=O)NCCC(=O)[O-])n1c(=O)[nH]c2ccccc2c1=O. The van der Waals surface area contributed by atoms with Crippen LogP contribution in [0.15, 0.2) is 33.9 Å². The molecule has 0 unspecified atom stereocenters. The molecule has 0 aliphatic rings. The number of nitrogens with zero attached hydrogens (tertiary/aromatic N) is 1. The number of aliphatic carboxylic acids is 1. The zero-order valence-corrected chi connectivity index (χ0v) is 13.4. The summed E-state index contributed by atoms with van der Waals surface area (Å²) in [5.74, 6) is -2.24. The summed E-state index contributed by atoms with van der Waals surface area (Å²) in [6, 6.07) is 5.47. The van der Waals surface area contributed by atoms with Gasteiger partial charge in [-0.1, -0.05) is 26.0 Å². The van der Waals surface area contributed by atoms with Crippen molar-refractivity contribution in [3.63, 3.8) is 0 Å². The summed E-state index contributed by atoms with van der Waals surface area (Å²) in [5.41, 5.74) is -0.862. The molecule has 0 spiro atoms. The normalized spacial score (nSPS) is 12.3. The molecule has 0 saturated carbocycles. The van der Waals surface area contributed by atoms with Crippen LogP contribution in [-0.2, 0) is 9.59 Å². The third-order valence-electron chi connectivity index (χ3n) is 3.64. The van der Waals surface area contributed by atoms with Crippen molar-refractivity contribution in [2.45, 2.75) is 26.3 Å². The van der Waals surface area contributed by atoms with Crippen LogP contribution in [0.4, 0.5) is 0 Å². The molecule has 1 aromatic heterocycles. The number of carboxylic acids is 1. The second-order valence-electron chi connectivity index (χ2n) is 5.75. The molecule has 0 aliphatic carbocycles. The molecule has 1 atom stereocenters. The number of hydrogen-bond donors (Lipinski definition) is 2. The fourth-order valence-electron chi connectivity index (χ4n) is 2.54. The van der Waals surface area contributed by atoms with Crippen molar-refractivity contribution >= 4 is 22.8 Å². The van der Waals surface area contributed by atoms with Gasteiger partial charge < -0.3 is 20.2 Å². The van der Waals surface area contributed by atoms with E-state index in [1.54, 1.807) is 38.1 Å². The zero-order chi connectivity index (χ0) is 17.9. The van der Waals surface area contributed by atoms with Crippen LogP contribution in [0.1, 0.15) is 26.3 Å². The number of nitrogens with one attached hydrogen (secondary N) is 2. The number of aromatic nitrogens is 2. The number of hydrogen-bond acceptors (Lipinski definition) is 5. The molecule has 24 heavy (non-hydrogen) atoms. The Kier molecular flexibility index (Phi) is 5.18. The average molecular weight is 332 g/mol. The van der Waals surface area contributed by atoms with E-state index in [4.69, 9.17) is 0 Å². The van der Waals surface area contributed by atoms with Gasteiger partial charge in [0.1, 0.15) is 6.04 Å². The lowest BCUT2D eigenvalue weighted by Crippen LogP contribution is -2.47. The maximum Gasteiger partial charge on any atom is 0.329 e. The van der Waals surface area contributed by atoms with E-state index in [9.17, 15) is 24.3 Å². The molecule has 128 valence electrons. The summed E-state index contributed by atoms with van der Waals surface area (Å²) >= 11 is 0. The Morgan fingerprint density at radius 2 is 1.92 bits per heavy atom. The molecular formula is C16H18N3O5-. The molecule has 8 heteroatoms. The summed E-state index contributed by atoms with van der Waals surface area (Å²) in [4.78, 5) is 50.3. The molecule has 2 N–H and O–H groups in total. The molecule has 1 heterocycles. The first-order valence-corrected chi connectivity index (χ1v) is 7.54. The lowest BCUT2D eigenvalue weighted by molar-refractivity contribution is -0.305. The van der Waals surface area contributed by atoms with E-state index >= 15 is 0 Å². The second-order valence-corrected chi connectivity index (χ2v) is 5.75. The topological polar surface area (TPSA) is 124 Å². The standard InChI is InChI=1S/C16H19N3O5/c1-9(2)13(14(22)17-8-7-12(20)21)19-15(23)10-5-3-4-6-11(10)18-16(19)24/h3-6,9,13H,7-8H2,1-2H3,(H,17,22)(H,18,24)(H,20,21)/p-1/t13-/m0/s1. The van der Waals surface area contributed by atoms with Crippen LogP contribution in [0.5, 0.6) is 0 Å². The minimum absolute atomic E-state index is 0.134. The van der Waals surface area contributed by atoms with E-state index < -0.39 is 29.2 Å². The van der Waals surface area contributed by atoms with Crippen LogP contribution in [0.25, 0.3) is 10.9 Å². The molecule has 0 bridgehead atoms. The van der Waals surface area contributed by atoms with Gasteiger partial charge in [0, 0.05) is 18.9 Å². The van der Waals surface area contributed by atoms with Gasteiger partial charge in [0.25, 0.3) is 5.56 Å². The molecule has 0 saturated heterocycles. The molecule has 2 aromatic rings. The van der Waals surface area contributed by atoms with E-state index in [-0.39, 0.29) is 18.9 Å². The first-order valence-electron chi connectivity index (χ1n) is 7.54. The average Bonchev–Trinajstić information content (AvgIpc) is 2.50. The number of para-hydroxylation sites is 1. The molecule has 1 aromatic carbocycles. The minimum atomic E-state index is -1.29. The van der Waals surface area contributed by atoms with Crippen molar-refractivity contribution in [3.8, 4) is 0 Å². The fraction of sp³-hybridized carbons (Fsp3) is 0.375. The maximum atomic E-state index is 12.6. The number of rotatable bonds is 6. The Morgan fingerprint density at radius 1 is 1.25 bits per heavy atom. The van der Waals surface area contributed by atoms with E-state index in [0.29, 0.717) is 10.9 Å². The summed E-state index contributed by atoms with van der Waals surface area (Å²) in [6.45, 7) is 3.26. The molecular weight excluding hydrogens is 314 g/mol. The van der Waals surface area contributed by atoms with Crippen LogP contribution in [0.3, 0.4) is 0 Å². The number of carboxylic acid groups (broad SMARTS) is 1. The highest BCUT2D eigenvalue weighted by Crippen LogP contribution is 2.15. The van der Waals surface area contributed by atoms with Gasteiger partial charge in [0.05, 0.1) is 10.9 Å². The van der Waals surface area contributed by atoms with Gasteiger partial charge in [-0.25, -0.2) is 9.36 Å². The first-order chi connectivity index (χ1) is 11.3. The Hall–Kier alpha value is -2.90. The van der Waals surface area contributed by atoms with Crippen LogP contribution >= 0.6 is 0 Å². The third kappa shape index (κ3) is 3.53. The van der Waals surface area contributed by atoms with Gasteiger partial charge in [-0.3, -0.25) is 9.59 Å². The van der Waals surface area contributed by atoms with Crippen molar-refractivity contribution in [2.75, 3.05) is 6.54 Å². The van der Waals surface area contributed by atoms with Gasteiger partial charge in [0.15, 0.2) is 0 Å². The van der Waals surface area contributed by atoms with Crippen molar-refractivity contribution in [1.29, 1.82) is 0 Å². The van der Waals surface area contributed by atoms with Crippen molar-refractivity contribution in [3.05, 3.63) is 45.1 Å². The number of carbonyl (C=O) groups excluding carboxylic acids is 2. The first kappa shape index (κ1) is 17.5. The van der Waals surface area contributed by atoms with Crippen molar-refractivity contribution in [1.82, 2.24) is 14.9 Å². The Balaban J connectivity index is 2.47. The highest BCUT2D eigenvalue weighted by Gasteiger charge is 2.27. The number of amides is 1. The van der Waals surface area contributed by atoms with Crippen LogP contribution < -0.4 is 21.7 Å². The van der Waals surface area contributed by atoms with Gasteiger partial charge in [0.2, 0.25) is 5.91 Å². The Morgan fingerprint density at radius 3 is 2.54 bits per heavy atom. The molecule has 2 rings (SSSR count). The van der Waals surface area contributed by atoms with Crippen LogP contribution in [0, 0.1) is 5.92 Å². The predicted octanol–water partition coefficient (Wildman–Crippen LogP) is -0.857. The molecule has 0 radical (unpaired) electrons. The smallest absolute Gasteiger partial charge is 0.329 e. The van der Waals surface area contributed by atoms with Crippen LogP contribution in [0.2, 0.25) is 0 Å². The highest BCUT2D eigenvalue weighted by molar-refractivity contribution is 5.82. The molecule has 1 amide bonds. The Labute approximate surface area is 137 Å². The van der Waals surface area contributed by atoms with Gasteiger partial charge in [-0.15, -0.1) is 0 Å². The lowest BCUT2D eigenvalue weighted by Gasteiger charge is -2.22. The summed E-state index contributed by atoms with van der Waals surface area (Å²) < 4.78 is 0.876. The zero-order valence-electron chi connectivity index (χ0n) is 13.4. The number of carbonyl (C=O) groups is 2. The summed E-state index contributed by atoms with van der Waals surface area (Å²) in [7, 11) is 0. The lowest BCUT2D eigenvalue weighted by atomic mass is 10.0. The van der Waals surface area contributed by atoms with Crippen LogP contribution in [-0.4, -0.2) is 28.0 Å². The van der Waals surface area contributed by atoms with E-state index in [0.717, 1.165) is 4.57 Å². The van der Waals surface area contributed by atoms with Crippen molar-refractivity contribution in [2.24, 2.45) is 5.92 Å². The quantitative estimate of drug-likeness (QED) is 0.712. The van der Waals surface area contributed by atoms with E-state index in [2.05, 4.69) is 10.3 Å². The minimum Gasteiger partial charge on any atom is -0.550 e. The summed E-state index contributed by atoms with van der Waals surface area (Å²) in [5, 5.41) is 13.2. The predicted molar refractivity (Wildman–Crippen MR) is 85.3 cm³/mol. The molecule has 0 aliphatic heterocycles. The van der Waals surface area contributed by atoms with Gasteiger partial charge in [-0.05, 0) is 18.1 Å². The number of aromatic amines is 1. The molecule has 0 fully saturated rings. The van der Waals surface area contributed by atoms with Gasteiger partial charge >= 0.3 is 5.69 Å². The summed E-state index contributed by atoms with van der Waals surface area (Å²) in [6.07, 6.45) is -0.348. The van der Waals surface area contributed by atoms with E-state index in [1.807, 2.05) is 0 Å². The third-order valence-corrected chi connectivity index (χ3v) is 3.64. The van der Waals surface area contributed by atoms with Gasteiger partial charge in [-0.2, -0.15) is 0 Å². The monoisotopic (exact) mass is 332 g/mol. The number of fused-ring (bicyclic) bond motifs is 1. The second kappa shape index (κ2) is 7.12. The Bertz CT molecular complexity index is 881. The van der Waals surface area contributed by atoms with E-state index in [1.165, 1.54) is 0 Å². The fourth-order valence-corrected chi connectivity index (χ4v) is 2.54. The number of benzene rings is 1. The largest absolute Gasteiger partial charge is 0.550 e. The maximum absolute atomic E-state index is 12.6. The molecule has 8 nitrogen and oxygen atoms in total. The highest BCUT2D eigenvalue weighted by atomic mass is 16.4.